The van der Waals surface area contributed by atoms with Crippen LogP contribution in [0.1, 0.15) is 17.2 Å². The molecule has 1 atom stereocenters. The maximum Gasteiger partial charge on any atom is 0.189 e. The van der Waals surface area contributed by atoms with Crippen LogP contribution in [-0.2, 0) is 11.3 Å². The van der Waals surface area contributed by atoms with Gasteiger partial charge >= 0.3 is 0 Å². The predicted molar refractivity (Wildman–Crippen MR) is 55.8 cm³/mol. The summed E-state index contributed by atoms with van der Waals surface area (Å²) in [5, 5.41) is 9.60. The number of hydrogen-bond donors (Lipinski definition) is 2. The molecular weight excluding hydrogens is 218 g/mol. The summed E-state index contributed by atoms with van der Waals surface area (Å²) in [7, 11) is 0. The molecular formula is C10H12ClNO3. The van der Waals surface area contributed by atoms with Gasteiger partial charge in [-0.3, -0.25) is 0 Å². The van der Waals surface area contributed by atoms with Gasteiger partial charge in [-0.25, -0.2) is 0 Å². The van der Waals surface area contributed by atoms with E-state index >= 15 is 0 Å². The number of benzene rings is 1. The molecule has 0 bridgehead atoms. The Bertz CT molecular complexity index is 370. The molecule has 0 radical (unpaired) electrons. The topological polar surface area (TPSA) is 64.7 Å². The Kier molecular flexibility index (Phi) is 3.11. The van der Waals surface area contributed by atoms with E-state index in [2.05, 4.69) is 0 Å². The predicted octanol–water partition coefficient (Wildman–Crippen LogP) is 1.20. The molecule has 1 aliphatic rings. The van der Waals surface area contributed by atoms with Gasteiger partial charge in [-0.2, -0.15) is 0 Å². The summed E-state index contributed by atoms with van der Waals surface area (Å²) in [6, 6.07) is 3.02. The first kappa shape index (κ1) is 10.7. The first-order valence-corrected chi connectivity index (χ1v) is 4.99. The van der Waals surface area contributed by atoms with E-state index in [-0.39, 0.29) is 13.4 Å². The van der Waals surface area contributed by atoms with E-state index in [4.69, 9.17) is 31.9 Å². The number of ether oxygens (including phenoxy) is 2. The van der Waals surface area contributed by atoms with Crippen LogP contribution in [0.5, 0.6) is 5.75 Å². The van der Waals surface area contributed by atoms with Crippen molar-refractivity contribution in [3.63, 3.8) is 0 Å². The highest BCUT2D eigenvalue weighted by Gasteiger charge is 2.19. The molecule has 0 amide bonds. The van der Waals surface area contributed by atoms with Crippen LogP contribution in [0.15, 0.2) is 12.1 Å². The van der Waals surface area contributed by atoms with Crippen molar-refractivity contribution in [2.24, 2.45) is 5.73 Å². The van der Waals surface area contributed by atoms with Crippen molar-refractivity contribution >= 4 is 11.6 Å². The second-order valence-corrected chi connectivity index (χ2v) is 3.82. The molecule has 1 aliphatic heterocycles. The molecule has 0 aromatic heterocycles. The summed E-state index contributed by atoms with van der Waals surface area (Å²) in [4.78, 5) is 0. The van der Waals surface area contributed by atoms with Crippen molar-refractivity contribution in [2.45, 2.75) is 12.6 Å². The van der Waals surface area contributed by atoms with E-state index < -0.39 is 6.04 Å². The minimum Gasteiger partial charge on any atom is -0.467 e. The van der Waals surface area contributed by atoms with Crippen molar-refractivity contribution < 1.29 is 14.6 Å². The Morgan fingerprint density at radius 2 is 2.33 bits per heavy atom. The Balaban J connectivity index is 2.47. The molecule has 2 rings (SSSR count). The summed E-state index contributed by atoms with van der Waals surface area (Å²) in [5.74, 6) is 0.687. The lowest BCUT2D eigenvalue weighted by Gasteiger charge is -2.23. The average molecular weight is 230 g/mol. The van der Waals surface area contributed by atoms with Gasteiger partial charge < -0.3 is 20.3 Å². The molecule has 0 fully saturated rings. The molecule has 0 aliphatic carbocycles. The van der Waals surface area contributed by atoms with Gasteiger partial charge in [0, 0.05) is 16.1 Å². The van der Waals surface area contributed by atoms with Gasteiger partial charge in [0.05, 0.1) is 19.3 Å². The van der Waals surface area contributed by atoms with Gasteiger partial charge in [0.2, 0.25) is 0 Å². The number of hydrogen-bond acceptors (Lipinski definition) is 4. The summed E-state index contributed by atoms with van der Waals surface area (Å²) >= 11 is 5.93. The maximum absolute atomic E-state index is 9.03. The van der Waals surface area contributed by atoms with Gasteiger partial charge in [0.1, 0.15) is 5.75 Å². The normalized spacial score (nSPS) is 16.7. The number of aliphatic hydroxyl groups is 1. The van der Waals surface area contributed by atoms with Gasteiger partial charge in [-0.05, 0) is 12.1 Å². The van der Waals surface area contributed by atoms with Crippen molar-refractivity contribution in [1.29, 1.82) is 0 Å². The van der Waals surface area contributed by atoms with E-state index in [1.54, 1.807) is 12.1 Å². The highest BCUT2D eigenvalue weighted by molar-refractivity contribution is 6.30. The highest BCUT2D eigenvalue weighted by atomic mass is 35.5. The van der Waals surface area contributed by atoms with E-state index in [0.717, 1.165) is 11.1 Å². The first-order chi connectivity index (χ1) is 7.22. The lowest BCUT2D eigenvalue weighted by Crippen LogP contribution is -2.20. The zero-order valence-electron chi connectivity index (χ0n) is 8.07. The van der Waals surface area contributed by atoms with E-state index in [1.807, 2.05) is 0 Å². The first-order valence-electron chi connectivity index (χ1n) is 4.61. The fraction of sp³-hybridized carbons (Fsp3) is 0.400. The zero-order chi connectivity index (χ0) is 10.8. The number of aliphatic hydroxyl groups excluding tert-OH is 1. The van der Waals surface area contributed by atoms with Crippen LogP contribution >= 0.6 is 11.6 Å². The Morgan fingerprint density at radius 1 is 1.53 bits per heavy atom. The molecule has 5 heteroatoms. The number of nitrogens with two attached hydrogens (primary N) is 1. The Morgan fingerprint density at radius 3 is 3.07 bits per heavy atom. The van der Waals surface area contributed by atoms with Crippen LogP contribution in [0.25, 0.3) is 0 Å². The lowest BCUT2D eigenvalue weighted by atomic mass is 10.0. The van der Waals surface area contributed by atoms with Gasteiger partial charge in [-0.1, -0.05) is 11.6 Å². The minimum atomic E-state index is -0.476. The smallest absolute Gasteiger partial charge is 0.189 e. The highest BCUT2D eigenvalue weighted by Crippen LogP contribution is 2.34. The molecule has 82 valence electrons. The van der Waals surface area contributed by atoms with Gasteiger partial charge in [-0.15, -0.1) is 0 Å². The molecule has 15 heavy (non-hydrogen) atoms. The molecule has 1 heterocycles. The van der Waals surface area contributed by atoms with Crippen molar-refractivity contribution in [1.82, 2.24) is 0 Å². The zero-order valence-corrected chi connectivity index (χ0v) is 8.83. The number of halogens is 1. The third-order valence-corrected chi connectivity index (χ3v) is 2.52. The molecule has 1 unspecified atom stereocenters. The van der Waals surface area contributed by atoms with Gasteiger partial charge in [0.25, 0.3) is 0 Å². The van der Waals surface area contributed by atoms with Crippen LogP contribution in [-0.4, -0.2) is 18.5 Å². The molecule has 0 spiro atoms. The maximum atomic E-state index is 9.03. The quantitative estimate of drug-likeness (QED) is 0.800. The van der Waals surface area contributed by atoms with Crippen LogP contribution in [0.2, 0.25) is 5.02 Å². The van der Waals surface area contributed by atoms with E-state index in [9.17, 15) is 0 Å². The summed E-state index contributed by atoms with van der Waals surface area (Å²) in [6.07, 6.45) is 0. The van der Waals surface area contributed by atoms with Crippen molar-refractivity contribution in [3.05, 3.63) is 28.3 Å². The number of fused-ring (bicyclic) bond motifs is 1. The minimum absolute atomic E-state index is 0.142. The fourth-order valence-corrected chi connectivity index (χ4v) is 1.83. The molecule has 1 aromatic carbocycles. The molecule has 0 saturated heterocycles. The Hall–Kier alpha value is -0.810. The fourth-order valence-electron chi connectivity index (χ4n) is 1.58. The molecule has 3 N–H and O–H groups in total. The average Bonchev–Trinajstić information content (AvgIpc) is 2.26. The Labute approximate surface area is 92.5 Å². The molecule has 4 nitrogen and oxygen atoms in total. The van der Waals surface area contributed by atoms with Crippen LogP contribution in [0.3, 0.4) is 0 Å². The SMILES string of the molecule is NC(CO)c1cc(Cl)cc2c1OCOC2. The second-order valence-electron chi connectivity index (χ2n) is 3.38. The standard InChI is InChI=1S/C10H12ClNO3/c11-7-1-6-4-14-5-15-10(6)8(2-7)9(12)3-13/h1-2,9,13H,3-5,12H2. The second kappa shape index (κ2) is 4.37. The van der Waals surface area contributed by atoms with E-state index in [0.29, 0.717) is 17.4 Å². The van der Waals surface area contributed by atoms with Gasteiger partial charge in [0.15, 0.2) is 6.79 Å². The van der Waals surface area contributed by atoms with Crippen LogP contribution in [0.4, 0.5) is 0 Å². The molecule has 0 saturated carbocycles. The van der Waals surface area contributed by atoms with Crippen molar-refractivity contribution in [3.8, 4) is 5.75 Å². The van der Waals surface area contributed by atoms with Crippen molar-refractivity contribution in [2.75, 3.05) is 13.4 Å². The summed E-state index contributed by atoms with van der Waals surface area (Å²) in [5.41, 5.74) is 7.35. The largest absolute Gasteiger partial charge is 0.467 e. The molecule has 1 aromatic rings. The summed E-state index contributed by atoms with van der Waals surface area (Å²) in [6.45, 7) is 0.526. The van der Waals surface area contributed by atoms with Crippen LogP contribution in [0, 0.1) is 0 Å². The summed E-state index contributed by atoms with van der Waals surface area (Å²) < 4.78 is 10.5. The number of rotatable bonds is 2. The monoisotopic (exact) mass is 229 g/mol. The van der Waals surface area contributed by atoms with Crippen LogP contribution < -0.4 is 10.5 Å². The third kappa shape index (κ3) is 2.08. The lowest BCUT2D eigenvalue weighted by molar-refractivity contribution is -0.0174. The third-order valence-electron chi connectivity index (χ3n) is 2.30. The van der Waals surface area contributed by atoms with E-state index in [1.165, 1.54) is 0 Å².